The molecule has 0 saturated heterocycles. The summed E-state index contributed by atoms with van der Waals surface area (Å²) in [6.07, 6.45) is 0.922. The average molecular weight is 699 g/mol. The van der Waals surface area contributed by atoms with Crippen molar-refractivity contribution >= 4 is 39.0 Å². The molecule has 2 rings (SSSR count). The van der Waals surface area contributed by atoms with Crippen LogP contribution in [0.25, 0.3) is 0 Å². The smallest absolute Gasteiger partial charge is 0.231 e. The van der Waals surface area contributed by atoms with Crippen molar-refractivity contribution in [1.29, 1.82) is 0 Å². The topological polar surface area (TPSA) is 138 Å². The summed E-state index contributed by atoms with van der Waals surface area (Å²) in [7, 11) is -2.32. The van der Waals surface area contributed by atoms with E-state index >= 15 is 0 Å². The lowest BCUT2D eigenvalue weighted by Gasteiger charge is -2.27. The van der Waals surface area contributed by atoms with Gasteiger partial charge in [-0.25, -0.2) is 8.42 Å². The third-order valence-corrected chi connectivity index (χ3v) is 10.4. The third-order valence-electron chi connectivity index (χ3n) is 9.19. The van der Waals surface area contributed by atoms with E-state index in [0.717, 1.165) is 16.1 Å². The summed E-state index contributed by atoms with van der Waals surface area (Å²) in [5, 5.41) is 14.3. The molecule has 2 aromatic carbocycles. The Morgan fingerprint density at radius 2 is 1.35 bits per heavy atom. The monoisotopic (exact) mass is 698 g/mol. The van der Waals surface area contributed by atoms with Crippen LogP contribution in [0.15, 0.2) is 48.5 Å². The number of rotatable bonds is 20. The molecule has 2 aromatic rings. The minimum atomic E-state index is -3.69. The molecular formula is C39H58N2O7S. The molecule has 49 heavy (non-hydrogen) atoms. The van der Waals surface area contributed by atoms with E-state index in [1.165, 1.54) is 25.2 Å². The fraction of sp³-hybridized carbons (Fsp3) is 0.590. The van der Waals surface area contributed by atoms with Crippen molar-refractivity contribution < 1.29 is 32.7 Å². The Morgan fingerprint density at radius 1 is 0.796 bits per heavy atom. The first-order chi connectivity index (χ1) is 22.7. The number of anilines is 1. The zero-order chi connectivity index (χ0) is 37.2. The van der Waals surface area contributed by atoms with E-state index in [2.05, 4.69) is 5.32 Å². The molecule has 0 aliphatic heterocycles. The molecule has 5 atom stereocenters. The fourth-order valence-electron chi connectivity index (χ4n) is 6.07. The Kier molecular flexibility index (Phi) is 15.8. The largest absolute Gasteiger partial charge is 0.393 e. The van der Waals surface area contributed by atoms with Crippen LogP contribution in [-0.2, 0) is 19.6 Å². The summed E-state index contributed by atoms with van der Waals surface area (Å²) in [5.41, 5.74) is 1.61. The minimum Gasteiger partial charge on any atom is -0.393 e. The van der Waals surface area contributed by atoms with E-state index in [9.17, 15) is 32.7 Å². The SMILES string of the molecule is CC(C)CC(CC(=O)c1cc(C(=O)CC(C)c2ccccc2)cc(N(C)S(C)(=O)=O)c1)[C@@H](O)C[C@@H](C)C(=O)C[C@H](C(=O)NC(C)C)C(C)C. The van der Waals surface area contributed by atoms with Crippen molar-refractivity contribution in [3.05, 3.63) is 65.2 Å². The lowest BCUT2D eigenvalue weighted by atomic mass is 9.80. The van der Waals surface area contributed by atoms with Crippen molar-refractivity contribution in [3.8, 4) is 0 Å². The number of hydrogen-bond acceptors (Lipinski definition) is 7. The number of amides is 1. The molecule has 10 heteroatoms. The van der Waals surface area contributed by atoms with Gasteiger partial charge in [-0.3, -0.25) is 23.5 Å². The van der Waals surface area contributed by atoms with Crippen molar-refractivity contribution in [2.75, 3.05) is 17.6 Å². The van der Waals surface area contributed by atoms with Crippen LogP contribution in [0.4, 0.5) is 5.69 Å². The third kappa shape index (κ3) is 13.1. The quantitative estimate of drug-likeness (QED) is 0.145. The summed E-state index contributed by atoms with van der Waals surface area (Å²) >= 11 is 0. The Labute approximate surface area is 294 Å². The molecule has 0 saturated carbocycles. The molecule has 2 unspecified atom stereocenters. The number of benzene rings is 2. The summed E-state index contributed by atoms with van der Waals surface area (Å²) in [6.45, 7) is 15.2. The predicted molar refractivity (Wildman–Crippen MR) is 196 cm³/mol. The van der Waals surface area contributed by atoms with Crippen LogP contribution in [0.1, 0.15) is 120 Å². The van der Waals surface area contributed by atoms with Crippen LogP contribution in [0.2, 0.25) is 0 Å². The maximum atomic E-state index is 13.9. The van der Waals surface area contributed by atoms with Gasteiger partial charge in [0.15, 0.2) is 11.6 Å². The second-order valence-electron chi connectivity index (χ2n) is 14.8. The number of nitrogens with zero attached hydrogens (tertiary/aromatic N) is 1. The van der Waals surface area contributed by atoms with Crippen LogP contribution in [0, 0.1) is 29.6 Å². The molecule has 1 amide bonds. The van der Waals surface area contributed by atoms with Gasteiger partial charge >= 0.3 is 0 Å². The maximum absolute atomic E-state index is 13.9. The van der Waals surface area contributed by atoms with Gasteiger partial charge in [0.05, 0.1) is 18.0 Å². The second-order valence-corrected chi connectivity index (χ2v) is 16.9. The van der Waals surface area contributed by atoms with Gasteiger partial charge in [-0.05, 0) is 74.1 Å². The van der Waals surface area contributed by atoms with Crippen molar-refractivity contribution in [1.82, 2.24) is 5.32 Å². The molecular weight excluding hydrogens is 641 g/mol. The summed E-state index contributed by atoms with van der Waals surface area (Å²) in [6, 6.07) is 14.0. The first-order valence-electron chi connectivity index (χ1n) is 17.4. The lowest BCUT2D eigenvalue weighted by molar-refractivity contribution is -0.133. The first-order valence-corrected chi connectivity index (χ1v) is 19.3. The summed E-state index contributed by atoms with van der Waals surface area (Å²) in [5.74, 6) is -2.32. The highest BCUT2D eigenvalue weighted by atomic mass is 32.2. The Balaban J connectivity index is 2.33. The van der Waals surface area contributed by atoms with E-state index in [-0.39, 0.29) is 89.6 Å². The number of carbonyl (C=O) groups excluding carboxylic acids is 4. The predicted octanol–water partition coefficient (Wildman–Crippen LogP) is 6.84. The zero-order valence-electron chi connectivity index (χ0n) is 31.0. The zero-order valence-corrected chi connectivity index (χ0v) is 31.8. The number of aliphatic hydroxyl groups is 1. The highest BCUT2D eigenvalue weighted by molar-refractivity contribution is 7.92. The Morgan fingerprint density at radius 3 is 1.84 bits per heavy atom. The summed E-state index contributed by atoms with van der Waals surface area (Å²) in [4.78, 5) is 53.4. The van der Waals surface area contributed by atoms with Gasteiger partial charge in [0.2, 0.25) is 15.9 Å². The number of sulfonamides is 1. The van der Waals surface area contributed by atoms with Gasteiger partial charge in [-0.15, -0.1) is 0 Å². The first kappa shape index (κ1) is 41.8. The Hall–Kier alpha value is -3.37. The number of hydrogen-bond donors (Lipinski definition) is 2. The van der Waals surface area contributed by atoms with Gasteiger partial charge in [0.25, 0.3) is 0 Å². The molecule has 0 aliphatic carbocycles. The van der Waals surface area contributed by atoms with Crippen molar-refractivity contribution in [2.45, 2.75) is 106 Å². The van der Waals surface area contributed by atoms with Gasteiger partial charge in [0.1, 0.15) is 5.78 Å². The molecule has 0 heterocycles. The van der Waals surface area contributed by atoms with Gasteiger partial charge in [-0.2, -0.15) is 0 Å². The van der Waals surface area contributed by atoms with E-state index in [1.807, 2.05) is 78.8 Å². The van der Waals surface area contributed by atoms with E-state index in [4.69, 9.17) is 0 Å². The normalized spacial score (nSPS) is 15.1. The van der Waals surface area contributed by atoms with Gasteiger partial charge in [0, 0.05) is 55.3 Å². The number of Topliss-reactive ketones (excluding diaryl/α,β-unsaturated/α-hetero) is 3. The molecule has 0 fully saturated rings. The number of nitrogens with one attached hydrogen (secondary N) is 1. The van der Waals surface area contributed by atoms with Gasteiger partial charge in [-0.1, -0.05) is 71.9 Å². The number of carbonyl (C=O) groups is 4. The van der Waals surface area contributed by atoms with Crippen LogP contribution in [0.5, 0.6) is 0 Å². The fourth-order valence-corrected chi connectivity index (χ4v) is 6.55. The highest BCUT2D eigenvalue weighted by Crippen LogP contribution is 2.30. The molecule has 0 bridgehead atoms. The van der Waals surface area contributed by atoms with Crippen molar-refractivity contribution in [2.24, 2.45) is 29.6 Å². The number of aliphatic hydroxyl groups excluding tert-OH is 1. The second kappa shape index (κ2) is 18.6. The molecule has 0 spiro atoms. The minimum absolute atomic E-state index is 0.0399. The number of ketones is 3. The molecule has 2 N–H and O–H groups in total. The lowest BCUT2D eigenvalue weighted by Crippen LogP contribution is -2.39. The van der Waals surface area contributed by atoms with E-state index in [0.29, 0.717) is 6.42 Å². The molecule has 272 valence electrons. The van der Waals surface area contributed by atoms with E-state index in [1.54, 1.807) is 6.92 Å². The van der Waals surface area contributed by atoms with Crippen LogP contribution >= 0.6 is 0 Å². The highest BCUT2D eigenvalue weighted by Gasteiger charge is 2.31. The molecule has 0 aromatic heterocycles. The Bertz CT molecular complexity index is 1540. The molecule has 0 radical (unpaired) electrons. The summed E-state index contributed by atoms with van der Waals surface area (Å²) < 4.78 is 26.0. The van der Waals surface area contributed by atoms with Crippen molar-refractivity contribution in [3.63, 3.8) is 0 Å². The van der Waals surface area contributed by atoms with Crippen LogP contribution < -0.4 is 9.62 Å². The van der Waals surface area contributed by atoms with Gasteiger partial charge < -0.3 is 10.4 Å². The standard InChI is InChI=1S/C39H58N2O7S/c1-24(2)16-30(37(44)18-28(8)35(42)23-34(25(3)4)39(46)40-26(5)6)22-38(45)32-19-31(20-33(21-32)41(9)49(10,47)48)36(43)17-27(7)29-14-12-11-13-15-29/h11-15,19-21,24-28,30,34,37,44H,16-18,22-23H2,1-10H3,(H,40,46)/t27?,28-,30?,34+,37+/m1/s1. The van der Waals surface area contributed by atoms with E-state index < -0.39 is 33.9 Å². The van der Waals surface area contributed by atoms with Crippen LogP contribution in [-0.4, -0.2) is 62.2 Å². The molecule has 9 nitrogen and oxygen atoms in total. The maximum Gasteiger partial charge on any atom is 0.231 e. The average Bonchev–Trinajstić information content (AvgIpc) is 3.01. The molecule has 0 aliphatic rings. The van der Waals surface area contributed by atoms with Crippen LogP contribution in [0.3, 0.4) is 0 Å².